The molecule has 0 amide bonds. The van der Waals surface area contributed by atoms with E-state index in [2.05, 4.69) is 94.4 Å². The first-order chi connectivity index (χ1) is 17.8. The van der Waals surface area contributed by atoms with Gasteiger partial charge in [0.25, 0.3) is 0 Å². The highest BCUT2D eigenvalue weighted by Crippen LogP contribution is 2.37. The van der Waals surface area contributed by atoms with Crippen LogP contribution in [0.4, 0.5) is 17.1 Å². The molecule has 6 rings (SSSR count). The smallest absolute Gasteiger partial charge is 0.0991 e. The van der Waals surface area contributed by atoms with Gasteiger partial charge in [0, 0.05) is 33.5 Å². The summed E-state index contributed by atoms with van der Waals surface area (Å²) in [5.74, 6) is 0. The van der Waals surface area contributed by atoms with Crippen LogP contribution in [0, 0.1) is 22.7 Å². The fourth-order valence-corrected chi connectivity index (χ4v) is 4.79. The number of nitrogens with zero attached hydrogens (tertiary/aromatic N) is 4. The van der Waals surface area contributed by atoms with Crippen LogP contribution in [0.25, 0.3) is 27.5 Å². The second-order valence-electron chi connectivity index (χ2n) is 8.54. The summed E-state index contributed by atoms with van der Waals surface area (Å²) in [6.07, 6.45) is 0. The van der Waals surface area contributed by atoms with Gasteiger partial charge in [0.15, 0.2) is 0 Å². The Bertz CT molecular complexity index is 1690. The fraction of sp³-hybridized carbons (Fsp3) is 0. The van der Waals surface area contributed by atoms with Crippen LogP contribution in [0.3, 0.4) is 0 Å². The molecule has 0 saturated heterocycles. The maximum atomic E-state index is 9.28. The largest absolute Gasteiger partial charge is 0.310 e. The zero-order valence-electron chi connectivity index (χ0n) is 19.3. The summed E-state index contributed by atoms with van der Waals surface area (Å²) < 4.78 is 2.30. The van der Waals surface area contributed by atoms with Crippen molar-refractivity contribution in [3.8, 4) is 17.8 Å². The van der Waals surface area contributed by atoms with Crippen LogP contribution in [0.1, 0.15) is 11.1 Å². The van der Waals surface area contributed by atoms with Gasteiger partial charge in [-0.2, -0.15) is 10.5 Å². The van der Waals surface area contributed by atoms with Crippen LogP contribution >= 0.6 is 0 Å². The molecular weight excluding hydrogens is 440 g/mol. The second kappa shape index (κ2) is 8.80. The van der Waals surface area contributed by atoms with Crippen molar-refractivity contribution in [2.75, 3.05) is 4.90 Å². The molecule has 1 aromatic heterocycles. The van der Waals surface area contributed by atoms with Crippen LogP contribution in [0.15, 0.2) is 121 Å². The molecule has 0 N–H and O–H groups in total. The molecular formula is C32H20N4. The lowest BCUT2D eigenvalue weighted by molar-refractivity contribution is 1.17. The number of para-hydroxylation sites is 2. The van der Waals surface area contributed by atoms with E-state index in [9.17, 15) is 10.5 Å². The molecule has 5 aromatic carbocycles. The first-order valence-electron chi connectivity index (χ1n) is 11.7. The molecule has 0 unspecified atom stereocenters. The standard InChI is InChI=1S/C32H20N4/c33-21-23-12-16-25(17-13-23)35(26-18-14-24(22-34)15-19-26)27-6-5-7-28(20-27)36-31-10-3-1-8-29(31)30-9-2-4-11-32(30)36/h1-20H. The molecule has 4 nitrogen and oxygen atoms in total. The van der Waals surface area contributed by atoms with E-state index in [4.69, 9.17) is 0 Å². The van der Waals surface area contributed by atoms with E-state index in [0.29, 0.717) is 11.1 Å². The summed E-state index contributed by atoms with van der Waals surface area (Å²) in [6, 6.07) is 44.8. The van der Waals surface area contributed by atoms with Crippen molar-refractivity contribution in [2.24, 2.45) is 0 Å². The van der Waals surface area contributed by atoms with E-state index in [1.165, 1.54) is 10.8 Å². The van der Waals surface area contributed by atoms with E-state index in [1.807, 2.05) is 48.5 Å². The van der Waals surface area contributed by atoms with Gasteiger partial charge in [0.2, 0.25) is 0 Å². The lowest BCUT2D eigenvalue weighted by Gasteiger charge is -2.26. The van der Waals surface area contributed by atoms with Gasteiger partial charge in [-0.1, -0.05) is 42.5 Å². The van der Waals surface area contributed by atoms with Gasteiger partial charge in [-0.3, -0.25) is 0 Å². The Hall–Kier alpha value is -5.32. The van der Waals surface area contributed by atoms with Crippen molar-refractivity contribution in [2.45, 2.75) is 0 Å². The Morgan fingerprint density at radius 1 is 0.500 bits per heavy atom. The number of anilines is 3. The van der Waals surface area contributed by atoms with E-state index in [1.54, 1.807) is 0 Å². The van der Waals surface area contributed by atoms with Crippen molar-refractivity contribution in [1.82, 2.24) is 4.57 Å². The molecule has 0 bridgehead atoms. The number of fused-ring (bicyclic) bond motifs is 3. The molecule has 0 aliphatic rings. The minimum atomic E-state index is 0.609. The molecule has 0 aliphatic heterocycles. The molecule has 0 fully saturated rings. The molecule has 0 spiro atoms. The summed E-state index contributed by atoms with van der Waals surface area (Å²) in [5, 5.41) is 21.0. The Kier molecular flexibility index (Phi) is 5.19. The third-order valence-electron chi connectivity index (χ3n) is 6.44. The van der Waals surface area contributed by atoms with Crippen LogP contribution in [0.5, 0.6) is 0 Å². The summed E-state index contributed by atoms with van der Waals surface area (Å²) in [5.41, 5.74) is 7.41. The predicted octanol–water partition coefficient (Wildman–Crippen LogP) is 8.00. The molecule has 4 heteroatoms. The molecule has 1 heterocycles. The van der Waals surface area contributed by atoms with Gasteiger partial charge in [-0.25, -0.2) is 0 Å². The molecule has 0 saturated carbocycles. The Morgan fingerprint density at radius 2 is 1.00 bits per heavy atom. The number of benzene rings is 5. The quantitative estimate of drug-likeness (QED) is 0.268. The van der Waals surface area contributed by atoms with Crippen molar-refractivity contribution in [3.63, 3.8) is 0 Å². The topological polar surface area (TPSA) is 55.8 Å². The van der Waals surface area contributed by atoms with Crippen molar-refractivity contribution >= 4 is 38.9 Å². The van der Waals surface area contributed by atoms with Gasteiger partial charge >= 0.3 is 0 Å². The van der Waals surface area contributed by atoms with Crippen molar-refractivity contribution in [3.05, 3.63) is 132 Å². The van der Waals surface area contributed by atoms with Gasteiger partial charge in [0.05, 0.1) is 34.3 Å². The minimum absolute atomic E-state index is 0.609. The second-order valence-corrected chi connectivity index (χ2v) is 8.54. The lowest BCUT2D eigenvalue weighted by atomic mass is 10.1. The van der Waals surface area contributed by atoms with Gasteiger partial charge in [-0.15, -0.1) is 0 Å². The third kappa shape index (κ3) is 3.55. The highest BCUT2D eigenvalue weighted by Gasteiger charge is 2.16. The number of nitriles is 2. The Labute approximate surface area is 209 Å². The molecule has 0 atom stereocenters. The van der Waals surface area contributed by atoms with E-state index >= 15 is 0 Å². The minimum Gasteiger partial charge on any atom is -0.310 e. The zero-order chi connectivity index (χ0) is 24.5. The molecule has 0 aliphatic carbocycles. The summed E-state index contributed by atoms with van der Waals surface area (Å²) in [6.45, 7) is 0. The normalized spacial score (nSPS) is 10.7. The summed E-state index contributed by atoms with van der Waals surface area (Å²) in [4.78, 5) is 2.14. The van der Waals surface area contributed by atoms with Crippen molar-refractivity contribution < 1.29 is 0 Å². The molecule has 36 heavy (non-hydrogen) atoms. The van der Waals surface area contributed by atoms with Crippen LogP contribution in [0.2, 0.25) is 0 Å². The number of hydrogen-bond donors (Lipinski definition) is 0. The maximum Gasteiger partial charge on any atom is 0.0991 e. The average Bonchev–Trinajstić information content (AvgIpc) is 3.29. The number of aromatic nitrogens is 1. The average molecular weight is 461 g/mol. The van der Waals surface area contributed by atoms with Crippen LogP contribution in [-0.2, 0) is 0 Å². The Morgan fingerprint density at radius 3 is 1.50 bits per heavy atom. The SMILES string of the molecule is N#Cc1ccc(N(c2ccc(C#N)cc2)c2cccc(-n3c4ccccc4c4ccccc43)c2)cc1. The van der Waals surface area contributed by atoms with Crippen LogP contribution in [-0.4, -0.2) is 4.57 Å². The third-order valence-corrected chi connectivity index (χ3v) is 6.44. The van der Waals surface area contributed by atoms with E-state index < -0.39 is 0 Å². The monoisotopic (exact) mass is 460 g/mol. The van der Waals surface area contributed by atoms with Gasteiger partial charge in [-0.05, 0) is 78.9 Å². The first-order valence-corrected chi connectivity index (χ1v) is 11.7. The molecule has 0 radical (unpaired) electrons. The van der Waals surface area contributed by atoms with Gasteiger partial charge < -0.3 is 9.47 Å². The summed E-state index contributed by atoms with van der Waals surface area (Å²) in [7, 11) is 0. The van der Waals surface area contributed by atoms with E-state index in [0.717, 1.165) is 33.8 Å². The fourth-order valence-electron chi connectivity index (χ4n) is 4.79. The van der Waals surface area contributed by atoms with E-state index in [-0.39, 0.29) is 0 Å². The Balaban J connectivity index is 1.56. The predicted molar refractivity (Wildman–Crippen MR) is 145 cm³/mol. The number of rotatable bonds is 4. The van der Waals surface area contributed by atoms with Gasteiger partial charge in [0.1, 0.15) is 0 Å². The first kappa shape index (κ1) is 21.2. The lowest BCUT2D eigenvalue weighted by Crippen LogP contribution is -2.10. The zero-order valence-corrected chi connectivity index (χ0v) is 19.3. The highest BCUT2D eigenvalue weighted by molar-refractivity contribution is 6.09. The van der Waals surface area contributed by atoms with Crippen LogP contribution < -0.4 is 4.90 Å². The maximum absolute atomic E-state index is 9.28. The van der Waals surface area contributed by atoms with Crippen molar-refractivity contribution in [1.29, 1.82) is 10.5 Å². The number of hydrogen-bond acceptors (Lipinski definition) is 3. The molecule has 168 valence electrons. The molecule has 6 aromatic rings. The highest BCUT2D eigenvalue weighted by atomic mass is 15.1. The summed E-state index contributed by atoms with van der Waals surface area (Å²) >= 11 is 0.